The van der Waals surface area contributed by atoms with Crippen LogP contribution in [0.15, 0.2) is 36.4 Å². The first-order valence-electron chi connectivity index (χ1n) is 12.8. The van der Waals surface area contributed by atoms with E-state index in [1.165, 1.54) is 6.07 Å². The second-order valence-corrected chi connectivity index (χ2v) is 10.5. The van der Waals surface area contributed by atoms with E-state index in [2.05, 4.69) is 15.5 Å². The topological polar surface area (TPSA) is 77.2 Å². The number of nitrogens with zero attached hydrogens (tertiary/aromatic N) is 3. The maximum absolute atomic E-state index is 14.1. The van der Waals surface area contributed by atoms with E-state index in [1.807, 2.05) is 6.92 Å². The lowest BCUT2D eigenvalue weighted by Gasteiger charge is -2.39. The van der Waals surface area contributed by atoms with Gasteiger partial charge in [0.2, 0.25) is 5.91 Å². The maximum Gasteiger partial charge on any atom is 0.318 e. The van der Waals surface area contributed by atoms with Gasteiger partial charge in [0.15, 0.2) is 0 Å². The predicted octanol–water partition coefficient (Wildman–Crippen LogP) is 3.54. The third kappa shape index (κ3) is 6.88. The summed E-state index contributed by atoms with van der Waals surface area (Å²) in [5.41, 5.74) is 2.56. The monoisotopic (exact) mass is 565 g/mol. The van der Waals surface area contributed by atoms with Crippen molar-refractivity contribution in [1.82, 2.24) is 20.4 Å². The number of carbonyl (C=O) groups excluding carboxylic acids is 2. The van der Waals surface area contributed by atoms with Crippen molar-refractivity contribution in [2.45, 2.75) is 32.0 Å². The van der Waals surface area contributed by atoms with Crippen LogP contribution >= 0.6 is 23.2 Å². The van der Waals surface area contributed by atoms with Gasteiger partial charge >= 0.3 is 6.03 Å². The molecule has 0 unspecified atom stereocenters. The van der Waals surface area contributed by atoms with Gasteiger partial charge in [-0.15, -0.1) is 0 Å². The molecule has 0 spiro atoms. The normalized spacial score (nSPS) is 17.5. The van der Waals surface area contributed by atoms with E-state index >= 15 is 0 Å². The molecule has 2 aliphatic rings. The number of carbonyl (C=O) groups is 2. The summed E-state index contributed by atoms with van der Waals surface area (Å²) in [7, 11) is 1.65. The average Bonchev–Trinajstić information content (AvgIpc) is 3.32. The van der Waals surface area contributed by atoms with Crippen LogP contribution in [0.4, 0.5) is 14.9 Å². The molecule has 4 rings (SSSR count). The second kappa shape index (κ2) is 13.0. The first-order valence-corrected chi connectivity index (χ1v) is 13.5. The first kappa shape index (κ1) is 28.4. The Hall–Kier alpha value is -2.59. The summed E-state index contributed by atoms with van der Waals surface area (Å²) < 4.78 is 19.3. The highest BCUT2D eigenvalue weighted by atomic mass is 35.5. The molecule has 2 aliphatic heterocycles. The number of anilines is 1. The van der Waals surface area contributed by atoms with Gasteiger partial charge in [-0.1, -0.05) is 29.3 Å². The van der Waals surface area contributed by atoms with Crippen molar-refractivity contribution in [3.05, 3.63) is 63.4 Å². The highest BCUT2D eigenvalue weighted by Gasteiger charge is 2.37. The SMILES string of the molecule is COC[C@@H](C)NCc1cc(F)ccc1N1CCN(C(=O)[C@@H](Cc2ccc(Cl)cc2Cl)N2CCNC2=O)CC1. The van der Waals surface area contributed by atoms with E-state index in [4.69, 9.17) is 27.9 Å². The smallest absolute Gasteiger partial charge is 0.318 e. The molecular weight excluding hydrogens is 532 g/mol. The maximum atomic E-state index is 14.1. The van der Waals surface area contributed by atoms with E-state index < -0.39 is 6.04 Å². The van der Waals surface area contributed by atoms with Crippen LogP contribution in [0.25, 0.3) is 0 Å². The Balaban J connectivity index is 1.45. The molecule has 0 aromatic heterocycles. The lowest BCUT2D eigenvalue weighted by molar-refractivity contribution is -0.136. The van der Waals surface area contributed by atoms with Crippen molar-refractivity contribution in [2.75, 3.05) is 57.9 Å². The number of hydrogen-bond donors (Lipinski definition) is 2. The quantitative estimate of drug-likeness (QED) is 0.460. The Labute approximate surface area is 233 Å². The molecule has 206 valence electrons. The number of amides is 3. The van der Waals surface area contributed by atoms with Crippen molar-refractivity contribution < 1.29 is 18.7 Å². The van der Waals surface area contributed by atoms with Gasteiger partial charge in [0.05, 0.1) is 6.61 Å². The van der Waals surface area contributed by atoms with Crippen molar-refractivity contribution in [1.29, 1.82) is 0 Å². The van der Waals surface area contributed by atoms with Crippen LogP contribution in [-0.2, 0) is 22.5 Å². The molecule has 8 nitrogen and oxygen atoms in total. The second-order valence-electron chi connectivity index (χ2n) is 9.70. The minimum atomic E-state index is -0.671. The lowest BCUT2D eigenvalue weighted by Crippen LogP contribution is -2.56. The largest absolute Gasteiger partial charge is 0.383 e. The van der Waals surface area contributed by atoms with E-state index in [0.717, 1.165) is 16.8 Å². The molecular formula is C27H34Cl2FN5O3. The Morgan fingerprint density at radius 2 is 1.87 bits per heavy atom. The highest BCUT2D eigenvalue weighted by Crippen LogP contribution is 2.26. The fourth-order valence-corrected chi connectivity index (χ4v) is 5.47. The minimum Gasteiger partial charge on any atom is -0.383 e. The number of hydrogen-bond acceptors (Lipinski definition) is 5. The van der Waals surface area contributed by atoms with Gasteiger partial charge in [0, 0.05) is 81.1 Å². The summed E-state index contributed by atoms with van der Waals surface area (Å²) >= 11 is 12.5. The van der Waals surface area contributed by atoms with Crippen molar-refractivity contribution >= 4 is 40.8 Å². The molecule has 2 aromatic carbocycles. The highest BCUT2D eigenvalue weighted by molar-refractivity contribution is 6.35. The van der Waals surface area contributed by atoms with E-state index in [-0.39, 0.29) is 23.8 Å². The molecule has 2 aromatic rings. The molecule has 2 atom stereocenters. The fraction of sp³-hybridized carbons (Fsp3) is 0.481. The van der Waals surface area contributed by atoms with Crippen LogP contribution in [0.1, 0.15) is 18.1 Å². The van der Waals surface area contributed by atoms with Crippen molar-refractivity contribution in [3.8, 4) is 0 Å². The molecule has 2 saturated heterocycles. The Morgan fingerprint density at radius 1 is 1.11 bits per heavy atom. The Morgan fingerprint density at radius 3 is 2.53 bits per heavy atom. The van der Waals surface area contributed by atoms with Gasteiger partial charge in [-0.05, 0) is 48.4 Å². The van der Waals surface area contributed by atoms with E-state index in [1.54, 1.807) is 47.2 Å². The number of rotatable bonds is 10. The number of urea groups is 1. The number of piperazine rings is 1. The molecule has 2 fully saturated rings. The van der Waals surface area contributed by atoms with Crippen LogP contribution in [0.3, 0.4) is 0 Å². The summed E-state index contributed by atoms with van der Waals surface area (Å²) in [4.78, 5) is 31.8. The lowest BCUT2D eigenvalue weighted by atomic mass is 10.0. The van der Waals surface area contributed by atoms with Crippen LogP contribution in [-0.4, -0.2) is 86.8 Å². The van der Waals surface area contributed by atoms with Crippen LogP contribution in [0.2, 0.25) is 10.0 Å². The summed E-state index contributed by atoms with van der Waals surface area (Å²) in [6.45, 7) is 6.20. The number of halogens is 3. The first-order chi connectivity index (χ1) is 18.3. The van der Waals surface area contributed by atoms with Crippen molar-refractivity contribution in [3.63, 3.8) is 0 Å². The number of ether oxygens (including phenoxy) is 1. The molecule has 3 amide bonds. The molecule has 2 N–H and O–H groups in total. The van der Waals surface area contributed by atoms with E-state index in [0.29, 0.717) is 68.9 Å². The standard InChI is InChI=1S/C27H34Cl2FN5O3/c1-18(17-38-2)32-16-20-13-22(30)5-6-24(20)33-9-11-34(12-10-33)26(36)25(35-8-7-31-27(35)37)14-19-3-4-21(28)15-23(19)29/h3-6,13,15,18,25,32H,7-12,14,16-17H2,1-2H3,(H,31,37)/t18-,25-/m1/s1. The minimum absolute atomic E-state index is 0.109. The van der Waals surface area contributed by atoms with Gasteiger partial charge in [-0.3, -0.25) is 4.79 Å². The van der Waals surface area contributed by atoms with Gasteiger partial charge in [-0.25, -0.2) is 9.18 Å². The van der Waals surface area contributed by atoms with Crippen LogP contribution in [0.5, 0.6) is 0 Å². The molecule has 0 aliphatic carbocycles. The summed E-state index contributed by atoms with van der Waals surface area (Å²) in [5.74, 6) is -0.395. The summed E-state index contributed by atoms with van der Waals surface area (Å²) in [5, 5.41) is 7.15. The zero-order valence-electron chi connectivity index (χ0n) is 21.7. The van der Waals surface area contributed by atoms with Gasteiger partial charge in [0.1, 0.15) is 11.9 Å². The summed E-state index contributed by atoms with van der Waals surface area (Å²) in [6, 6.07) is 9.20. The molecule has 0 radical (unpaired) electrons. The van der Waals surface area contributed by atoms with Gasteiger partial charge in [-0.2, -0.15) is 0 Å². The van der Waals surface area contributed by atoms with E-state index in [9.17, 15) is 14.0 Å². The molecule has 0 bridgehead atoms. The predicted molar refractivity (Wildman–Crippen MR) is 147 cm³/mol. The fourth-order valence-electron chi connectivity index (χ4n) is 4.99. The average molecular weight is 567 g/mol. The molecule has 2 heterocycles. The number of benzene rings is 2. The molecule has 38 heavy (non-hydrogen) atoms. The zero-order chi connectivity index (χ0) is 27.2. The van der Waals surface area contributed by atoms with Gasteiger partial charge in [0.25, 0.3) is 0 Å². The zero-order valence-corrected chi connectivity index (χ0v) is 23.2. The van der Waals surface area contributed by atoms with Crippen LogP contribution < -0.4 is 15.5 Å². The van der Waals surface area contributed by atoms with Gasteiger partial charge < -0.3 is 30.1 Å². The number of nitrogens with one attached hydrogen (secondary N) is 2. The third-order valence-corrected chi connectivity index (χ3v) is 7.60. The molecule has 0 saturated carbocycles. The number of methoxy groups -OCH3 is 1. The Kier molecular flexibility index (Phi) is 9.70. The van der Waals surface area contributed by atoms with Crippen molar-refractivity contribution in [2.24, 2.45) is 0 Å². The van der Waals surface area contributed by atoms with Crippen LogP contribution in [0, 0.1) is 5.82 Å². The Bertz CT molecular complexity index is 1150. The third-order valence-electron chi connectivity index (χ3n) is 7.01. The molecule has 11 heteroatoms. The summed E-state index contributed by atoms with van der Waals surface area (Å²) in [6.07, 6.45) is 0.301.